The Hall–Kier alpha value is -3.16. The Labute approximate surface area is 212 Å². The van der Waals surface area contributed by atoms with Crippen LogP contribution in [-0.2, 0) is 6.54 Å². The number of aromatic nitrogens is 4. The lowest BCUT2D eigenvalue weighted by atomic mass is 9.80. The van der Waals surface area contributed by atoms with Gasteiger partial charge in [-0.15, -0.1) is 0 Å². The summed E-state index contributed by atoms with van der Waals surface area (Å²) in [7, 11) is 1.67. The SMILES string of the molecule is COc1ccc(C)cc1-c1nc2nc(C(=O)O)nc(N[C@H](C)C3CCC3)c2n1CC1CCC(C)CC1. The number of benzene rings is 1. The molecule has 0 unspecified atom stereocenters. The number of nitrogens with one attached hydrogen (secondary N) is 1. The number of aryl methyl sites for hydroxylation is 1. The van der Waals surface area contributed by atoms with Crippen molar-refractivity contribution in [1.82, 2.24) is 19.5 Å². The van der Waals surface area contributed by atoms with Crippen LogP contribution in [0, 0.1) is 24.7 Å². The number of carboxylic acids is 1. The van der Waals surface area contributed by atoms with Gasteiger partial charge in [-0.25, -0.2) is 19.7 Å². The van der Waals surface area contributed by atoms with E-state index in [4.69, 9.17) is 9.72 Å². The number of hydrogen-bond acceptors (Lipinski definition) is 6. The Bertz CT molecular complexity index is 1260. The lowest BCUT2D eigenvalue weighted by Crippen LogP contribution is -2.31. The fraction of sp³-hybridized carbons (Fsp3) is 0.571. The van der Waals surface area contributed by atoms with Crippen LogP contribution in [0.15, 0.2) is 18.2 Å². The number of aromatic carboxylic acids is 1. The van der Waals surface area contributed by atoms with Gasteiger partial charge in [0.2, 0.25) is 5.82 Å². The third kappa shape index (κ3) is 4.77. The molecule has 2 heterocycles. The zero-order valence-electron chi connectivity index (χ0n) is 21.8. The highest BCUT2D eigenvalue weighted by Crippen LogP contribution is 2.38. The number of fused-ring (bicyclic) bond motifs is 1. The van der Waals surface area contributed by atoms with Crippen LogP contribution in [0.4, 0.5) is 5.82 Å². The summed E-state index contributed by atoms with van der Waals surface area (Å²) in [6, 6.07) is 6.25. The zero-order chi connectivity index (χ0) is 25.4. The molecule has 0 amide bonds. The number of imidazole rings is 1. The van der Waals surface area contributed by atoms with E-state index in [1.165, 1.54) is 44.9 Å². The molecule has 192 valence electrons. The number of ether oxygens (including phenoxy) is 1. The second kappa shape index (κ2) is 10.1. The largest absolute Gasteiger partial charge is 0.496 e. The minimum absolute atomic E-state index is 0.189. The summed E-state index contributed by atoms with van der Waals surface area (Å²) in [6.45, 7) is 7.33. The molecule has 0 saturated heterocycles. The van der Waals surface area contributed by atoms with E-state index in [0.29, 0.717) is 23.3 Å². The minimum Gasteiger partial charge on any atom is -0.496 e. The van der Waals surface area contributed by atoms with E-state index < -0.39 is 5.97 Å². The quantitative estimate of drug-likeness (QED) is 0.402. The van der Waals surface area contributed by atoms with Crippen LogP contribution in [0.5, 0.6) is 5.75 Å². The van der Waals surface area contributed by atoms with Crippen LogP contribution < -0.4 is 10.1 Å². The Morgan fingerprint density at radius 1 is 1.17 bits per heavy atom. The van der Waals surface area contributed by atoms with Gasteiger partial charge in [-0.2, -0.15) is 0 Å². The smallest absolute Gasteiger partial charge is 0.374 e. The molecule has 0 bridgehead atoms. The van der Waals surface area contributed by atoms with Crippen LogP contribution >= 0.6 is 0 Å². The number of hydrogen-bond donors (Lipinski definition) is 2. The monoisotopic (exact) mass is 491 g/mol. The van der Waals surface area contributed by atoms with Crippen LogP contribution in [-0.4, -0.2) is 43.7 Å². The van der Waals surface area contributed by atoms with Gasteiger partial charge >= 0.3 is 5.97 Å². The van der Waals surface area contributed by atoms with Crippen LogP contribution in [0.1, 0.15) is 75.0 Å². The van der Waals surface area contributed by atoms with Gasteiger partial charge in [0.1, 0.15) is 17.1 Å². The lowest BCUT2D eigenvalue weighted by Gasteiger charge is -2.32. The van der Waals surface area contributed by atoms with E-state index >= 15 is 0 Å². The van der Waals surface area contributed by atoms with Gasteiger partial charge in [-0.3, -0.25) is 0 Å². The fourth-order valence-electron chi connectivity index (χ4n) is 5.66. The van der Waals surface area contributed by atoms with Gasteiger partial charge in [0.05, 0.1) is 12.7 Å². The average molecular weight is 492 g/mol. The third-order valence-electron chi connectivity index (χ3n) is 8.19. The molecule has 36 heavy (non-hydrogen) atoms. The van der Waals surface area contributed by atoms with Crippen molar-refractivity contribution in [1.29, 1.82) is 0 Å². The van der Waals surface area contributed by atoms with Gasteiger partial charge < -0.3 is 19.7 Å². The second-order valence-electron chi connectivity index (χ2n) is 10.9. The summed E-state index contributed by atoms with van der Waals surface area (Å²) in [5.74, 6) is 2.51. The molecule has 1 atom stereocenters. The van der Waals surface area contributed by atoms with Gasteiger partial charge in [-0.1, -0.05) is 37.8 Å². The number of nitrogens with zero attached hydrogens (tertiary/aromatic N) is 4. The van der Waals surface area contributed by atoms with E-state index in [0.717, 1.165) is 40.7 Å². The van der Waals surface area contributed by atoms with E-state index in [1.807, 2.05) is 19.1 Å². The summed E-state index contributed by atoms with van der Waals surface area (Å²) >= 11 is 0. The first-order valence-corrected chi connectivity index (χ1v) is 13.3. The fourth-order valence-corrected chi connectivity index (χ4v) is 5.66. The molecule has 0 spiro atoms. The predicted molar refractivity (Wildman–Crippen MR) is 141 cm³/mol. The molecule has 3 aromatic rings. The van der Waals surface area contributed by atoms with Gasteiger partial charge in [0.25, 0.3) is 0 Å². The number of carbonyl (C=O) groups is 1. The maximum atomic E-state index is 11.9. The van der Waals surface area contributed by atoms with Gasteiger partial charge in [-0.05, 0) is 69.4 Å². The molecule has 2 aliphatic rings. The highest BCUT2D eigenvalue weighted by atomic mass is 16.5. The molecular weight excluding hydrogens is 454 g/mol. The summed E-state index contributed by atoms with van der Waals surface area (Å²) in [4.78, 5) is 25.8. The molecule has 8 heteroatoms. The summed E-state index contributed by atoms with van der Waals surface area (Å²) in [5.41, 5.74) is 3.18. The van der Waals surface area contributed by atoms with Crippen molar-refractivity contribution < 1.29 is 14.6 Å². The van der Waals surface area contributed by atoms with Crippen molar-refractivity contribution in [2.24, 2.45) is 17.8 Å². The average Bonchev–Trinajstić information content (AvgIpc) is 3.17. The van der Waals surface area contributed by atoms with Crippen LogP contribution in [0.2, 0.25) is 0 Å². The molecule has 0 aliphatic heterocycles. The standard InChI is InChI=1S/C28H37N5O3/c1-16-8-11-19(12-9-16)15-33-23-24(29-18(3)20-6-5-7-20)30-26(28(34)35)31-25(23)32-27(33)21-14-17(2)10-13-22(21)36-4/h10,13-14,16,18-20H,5-9,11-12,15H2,1-4H3,(H,34,35)(H,29,30,31)/t16?,18-,19?/m1/s1. The van der Waals surface area contributed by atoms with Crippen LogP contribution in [0.3, 0.4) is 0 Å². The Morgan fingerprint density at radius 2 is 1.92 bits per heavy atom. The first kappa shape index (κ1) is 24.5. The Kier molecular flexibility index (Phi) is 6.86. The topological polar surface area (TPSA) is 102 Å². The molecule has 2 N–H and O–H groups in total. The van der Waals surface area contributed by atoms with Crippen molar-refractivity contribution in [2.45, 2.75) is 78.3 Å². The van der Waals surface area contributed by atoms with Crippen molar-refractivity contribution >= 4 is 23.0 Å². The maximum Gasteiger partial charge on any atom is 0.374 e. The first-order valence-electron chi connectivity index (χ1n) is 13.3. The summed E-state index contributed by atoms with van der Waals surface area (Å²) < 4.78 is 7.94. The highest BCUT2D eigenvalue weighted by molar-refractivity contribution is 5.92. The number of anilines is 1. The van der Waals surface area contributed by atoms with E-state index in [9.17, 15) is 9.90 Å². The third-order valence-corrected chi connectivity index (χ3v) is 8.19. The van der Waals surface area contributed by atoms with Crippen molar-refractivity contribution in [2.75, 3.05) is 12.4 Å². The first-order chi connectivity index (χ1) is 17.3. The van der Waals surface area contributed by atoms with Gasteiger partial charge in [0, 0.05) is 12.6 Å². The molecule has 5 rings (SSSR count). The Morgan fingerprint density at radius 3 is 2.56 bits per heavy atom. The lowest BCUT2D eigenvalue weighted by molar-refractivity contribution is 0.0684. The molecule has 2 saturated carbocycles. The van der Waals surface area contributed by atoms with Gasteiger partial charge in [0.15, 0.2) is 11.5 Å². The van der Waals surface area contributed by atoms with Crippen molar-refractivity contribution in [3.63, 3.8) is 0 Å². The normalized spacial score (nSPS) is 21.2. The van der Waals surface area contributed by atoms with E-state index in [1.54, 1.807) is 7.11 Å². The van der Waals surface area contributed by atoms with E-state index in [-0.39, 0.29) is 11.9 Å². The zero-order valence-corrected chi connectivity index (χ0v) is 21.8. The van der Waals surface area contributed by atoms with E-state index in [2.05, 4.69) is 39.8 Å². The summed E-state index contributed by atoms with van der Waals surface area (Å²) in [6.07, 6.45) is 8.39. The highest BCUT2D eigenvalue weighted by Gasteiger charge is 2.29. The number of carboxylic acid groups (broad SMARTS) is 1. The summed E-state index contributed by atoms with van der Waals surface area (Å²) in [5, 5.41) is 13.3. The molecule has 2 fully saturated rings. The van der Waals surface area contributed by atoms with Crippen molar-refractivity contribution in [3.05, 3.63) is 29.6 Å². The minimum atomic E-state index is -1.15. The molecule has 2 aromatic heterocycles. The molecular formula is C28H37N5O3. The molecule has 8 nitrogen and oxygen atoms in total. The molecule has 0 radical (unpaired) electrons. The molecule has 1 aromatic carbocycles. The van der Waals surface area contributed by atoms with Crippen molar-refractivity contribution in [3.8, 4) is 17.1 Å². The Balaban J connectivity index is 1.69. The van der Waals surface area contributed by atoms with Crippen LogP contribution in [0.25, 0.3) is 22.6 Å². The molecule has 2 aliphatic carbocycles. The number of rotatable bonds is 8. The number of methoxy groups -OCH3 is 1. The second-order valence-corrected chi connectivity index (χ2v) is 10.9. The maximum absolute atomic E-state index is 11.9. The predicted octanol–water partition coefficient (Wildman–Crippen LogP) is 5.94.